The van der Waals surface area contributed by atoms with Crippen LogP contribution in [0.1, 0.15) is 6.42 Å². The van der Waals surface area contributed by atoms with Crippen molar-refractivity contribution in [1.82, 2.24) is 5.48 Å². The molecule has 0 aromatic carbocycles. The van der Waals surface area contributed by atoms with Crippen molar-refractivity contribution in [2.75, 3.05) is 6.61 Å². The minimum absolute atomic E-state index is 0.249. The number of hydrogen-bond acceptors (Lipinski definition) is 4. The molecule has 0 bridgehead atoms. The van der Waals surface area contributed by atoms with Crippen molar-refractivity contribution in [3.8, 4) is 0 Å². The number of aldehydes is 1. The fraction of sp³-hybridized carbons (Fsp3) is 0.600. The third kappa shape index (κ3) is 6.75. The van der Waals surface area contributed by atoms with Crippen LogP contribution >= 0.6 is 0 Å². The Morgan fingerprint density at radius 2 is 2.45 bits per heavy atom. The van der Waals surface area contributed by atoms with Crippen LogP contribution in [0.25, 0.3) is 0 Å². The lowest BCUT2D eigenvalue weighted by Gasteiger charge is -2.05. The van der Waals surface area contributed by atoms with Crippen molar-refractivity contribution >= 4 is 12.2 Å². The molecule has 0 radical (unpaired) electrons. The predicted octanol–water partition coefficient (Wildman–Crippen LogP) is -1.68. The fourth-order valence-electron chi connectivity index (χ4n) is 0.392. The Hall–Kier alpha value is -1.14. The van der Waals surface area contributed by atoms with Crippen LogP contribution in [0, 0.1) is 5.41 Å². The third-order valence-corrected chi connectivity index (χ3v) is 0.910. The Morgan fingerprint density at radius 1 is 1.82 bits per heavy atom. The van der Waals surface area contributed by atoms with E-state index in [1.54, 1.807) is 0 Å². The van der Waals surface area contributed by atoms with Crippen LogP contribution in [0.2, 0.25) is 0 Å². The maximum absolute atomic E-state index is 9.97. The topological polar surface area (TPSA) is 114 Å². The minimum atomic E-state index is -0.510. The number of guanidine groups is 1. The molecule has 0 aromatic heterocycles. The number of carbonyl (C=O) groups excluding carboxylic acids is 1. The van der Waals surface area contributed by atoms with Gasteiger partial charge >= 0.3 is 0 Å². The van der Waals surface area contributed by atoms with Crippen molar-refractivity contribution < 1.29 is 9.63 Å². The molecule has 0 saturated heterocycles. The zero-order valence-corrected chi connectivity index (χ0v) is 6.04. The maximum Gasteiger partial charge on any atom is 0.210 e. The molecule has 0 rings (SSSR count). The zero-order chi connectivity index (χ0) is 8.69. The van der Waals surface area contributed by atoms with Gasteiger partial charge in [-0.3, -0.25) is 10.2 Å². The molecule has 0 aromatic rings. The second-order valence-electron chi connectivity index (χ2n) is 1.95. The lowest BCUT2D eigenvalue weighted by molar-refractivity contribution is -0.109. The van der Waals surface area contributed by atoms with Crippen molar-refractivity contribution in [2.45, 2.75) is 12.5 Å². The van der Waals surface area contributed by atoms with E-state index in [1.807, 2.05) is 0 Å². The number of rotatable bonds is 5. The summed E-state index contributed by atoms with van der Waals surface area (Å²) in [5.41, 5.74) is 12.2. The van der Waals surface area contributed by atoms with Gasteiger partial charge in [0.15, 0.2) is 0 Å². The molecule has 6 N–H and O–H groups in total. The van der Waals surface area contributed by atoms with Gasteiger partial charge in [0.1, 0.15) is 6.29 Å². The van der Waals surface area contributed by atoms with E-state index >= 15 is 0 Å². The molecular weight excluding hydrogens is 148 g/mol. The molecule has 11 heavy (non-hydrogen) atoms. The van der Waals surface area contributed by atoms with Crippen LogP contribution in [0.4, 0.5) is 0 Å². The lowest BCUT2D eigenvalue weighted by Crippen LogP contribution is -2.32. The van der Waals surface area contributed by atoms with Crippen molar-refractivity contribution in [2.24, 2.45) is 11.5 Å². The molecule has 0 spiro atoms. The SMILES string of the molecule is N=C(N)NOCC[C@H](N)C=O. The minimum Gasteiger partial charge on any atom is -0.368 e. The summed E-state index contributed by atoms with van der Waals surface area (Å²) in [6.07, 6.45) is 1.04. The van der Waals surface area contributed by atoms with Crippen molar-refractivity contribution in [3.63, 3.8) is 0 Å². The Labute approximate surface area is 64.3 Å². The van der Waals surface area contributed by atoms with Crippen LogP contribution in [0.3, 0.4) is 0 Å². The molecule has 0 fully saturated rings. The van der Waals surface area contributed by atoms with Gasteiger partial charge in [0.25, 0.3) is 0 Å². The molecule has 0 aliphatic heterocycles. The first-order valence-electron chi connectivity index (χ1n) is 3.09. The normalized spacial score (nSPS) is 12.1. The first-order valence-corrected chi connectivity index (χ1v) is 3.09. The van der Waals surface area contributed by atoms with E-state index in [9.17, 15) is 4.79 Å². The molecule has 64 valence electrons. The summed E-state index contributed by atoms with van der Waals surface area (Å²) in [4.78, 5) is 14.6. The largest absolute Gasteiger partial charge is 0.368 e. The average molecular weight is 160 g/mol. The number of hydrogen-bond donors (Lipinski definition) is 4. The first-order chi connectivity index (χ1) is 5.16. The van der Waals surface area contributed by atoms with Crippen LogP contribution in [-0.2, 0) is 9.63 Å². The van der Waals surface area contributed by atoms with Gasteiger partial charge in [-0.2, -0.15) is 0 Å². The van der Waals surface area contributed by atoms with Gasteiger partial charge in [0.05, 0.1) is 12.6 Å². The van der Waals surface area contributed by atoms with E-state index in [1.165, 1.54) is 0 Å². The van der Waals surface area contributed by atoms with Gasteiger partial charge in [-0.1, -0.05) is 0 Å². The smallest absolute Gasteiger partial charge is 0.210 e. The van der Waals surface area contributed by atoms with Gasteiger partial charge in [-0.05, 0) is 6.42 Å². The Morgan fingerprint density at radius 3 is 2.91 bits per heavy atom. The molecule has 0 amide bonds. The number of nitrogens with two attached hydrogens (primary N) is 2. The summed E-state index contributed by atoms with van der Waals surface area (Å²) in [5, 5.41) is 6.67. The lowest BCUT2D eigenvalue weighted by atomic mass is 10.3. The van der Waals surface area contributed by atoms with E-state index in [-0.39, 0.29) is 12.6 Å². The Balaban J connectivity index is 3.14. The molecule has 0 unspecified atom stereocenters. The first kappa shape index (κ1) is 9.86. The third-order valence-electron chi connectivity index (χ3n) is 0.910. The standard InChI is InChI=1S/C5H12N4O2/c6-4(3-10)1-2-11-9-5(7)8/h3-4H,1-2,6H2,(H4,7,8,9)/t4-/m0/s1. The summed E-state index contributed by atoms with van der Waals surface area (Å²) >= 11 is 0. The highest BCUT2D eigenvalue weighted by Gasteiger charge is 1.98. The monoisotopic (exact) mass is 160 g/mol. The molecule has 0 aliphatic carbocycles. The molecule has 0 saturated carbocycles. The molecule has 6 nitrogen and oxygen atoms in total. The van der Waals surface area contributed by atoms with Gasteiger partial charge in [0.2, 0.25) is 5.96 Å². The predicted molar refractivity (Wildman–Crippen MR) is 39.7 cm³/mol. The van der Waals surface area contributed by atoms with Crippen molar-refractivity contribution in [3.05, 3.63) is 0 Å². The van der Waals surface area contributed by atoms with E-state index in [4.69, 9.17) is 16.9 Å². The fourth-order valence-corrected chi connectivity index (χ4v) is 0.392. The Kier molecular flexibility index (Phi) is 5.05. The highest BCUT2D eigenvalue weighted by Crippen LogP contribution is 1.82. The molecule has 0 heterocycles. The zero-order valence-electron chi connectivity index (χ0n) is 6.04. The van der Waals surface area contributed by atoms with Gasteiger partial charge in [0, 0.05) is 0 Å². The summed E-state index contributed by atoms with van der Waals surface area (Å²) in [6.45, 7) is 0.249. The number of nitrogens with one attached hydrogen (secondary N) is 2. The molecule has 1 atom stereocenters. The van der Waals surface area contributed by atoms with E-state index in [2.05, 4.69) is 10.3 Å². The highest BCUT2D eigenvalue weighted by molar-refractivity contribution is 5.72. The summed E-state index contributed by atoms with van der Waals surface area (Å²) in [7, 11) is 0. The summed E-state index contributed by atoms with van der Waals surface area (Å²) in [6, 6.07) is -0.510. The average Bonchev–Trinajstić information content (AvgIpc) is 1.97. The van der Waals surface area contributed by atoms with Gasteiger partial charge in [-0.25, -0.2) is 5.48 Å². The van der Waals surface area contributed by atoms with E-state index < -0.39 is 6.04 Å². The number of hydroxylamine groups is 1. The van der Waals surface area contributed by atoms with Crippen LogP contribution in [-0.4, -0.2) is 24.9 Å². The van der Waals surface area contributed by atoms with E-state index in [0.29, 0.717) is 12.7 Å². The molecular formula is C5H12N4O2. The van der Waals surface area contributed by atoms with E-state index in [0.717, 1.165) is 0 Å². The van der Waals surface area contributed by atoms with Gasteiger partial charge < -0.3 is 16.3 Å². The second kappa shape index (κ2) is 5.63. The summed E-state index contributed by atoms with van der Waals surface area (Å²) in [5.74, 6) is -0.273. The van der Waals surface area contributed by atoms with Crippen LogP contribution in [0.5, 0.6) is 0 Å². The molecule has 0 aliphatic rings. The van der Waals surface area contributed by atoms with Gasteiger partial charge in [-0.15, -0.1) is 0 Å². The Bertz CT molecular complexity index is 138. The second-order valence-corrected chi connectivity index (χ2v) is 1.95. The maximum atomic E-state index is 9.97. The van der Waals surface area contributed by atoms with Crippen LogP contribution in [0.15, 0.2) is 0 Å². The molecule has 6 heteroatoms. The number of carbonyl (C=O) groups is 1. The summed E-state index contributed by atoms with van der Waals surface area (Å²) < 4.78 is 0. The van der Waals surface area contributed by atoms with Crippen molar-refractivity contribution in [1.29, 1.82) is 5.41 Å². The van der Waals surface area contributed by atoms with Crippen LogP contribution < -0.4 is 16.9 Å². The quantitative estimate of drug-likeness (QED) is 0.126. The highest BCUT2D eigenvalue weighted by atomic mass is 16.6.